The Morgan fingerprint density at radius 1 is 1.42 bits per heavy atom. The topological polar surface area (TPSA) is 34.1 Å². The molecule has 0 amide bonds. The predicted octanol–water partition coefficient (Wildman–Crippen LogP) is 6.17. The van der Waals surface area contributed by atoms with E-state index >= 15 is 0 Å². The van der Waals surface area contributed by atoms with Crippen molar-refractivity contribution in [2.75, 3.05) is 11.9 Å². The van der Waals surface area contributed by atoms with Gasteiger partial charge in [-0.2, -0.15) is 0 Å². The Balaban J connectivity index is 1.70. The molecule has 1 N–H and O–H groups in total. The van der Waals surface area contributed by atoms with Crippen LogP contribution in [0.25, 0.3) is 10.2 Å². The molecule has 126 valence electrons. The molecule has 0 bridgehead atoms. The van der Waals surface area contributed by atoms with Crippen molar-refractivity contribution < 1.29 is 4.74 Å². The van der Waals surface area contributed by atoms with Crippen LogP contribution in [0, 0.1) is 6.92 Å². The fourth-order valence-electron chi connectivity index (χ4n) is 3.14. The molecule has 3 nitrogen and oxygen atoms in total. The number of hydrogen-bond acceptors (Lipinski definition) is 5. The molecule has 0 spiro atoms. The van der Waals surface area contributed by atoms with Gasteiger partial charge in [-0.3, -0.25) is 0 Å². The summed E-state index contributed by atoms with van der Waals surface area (Å²) in [7, 11) is 0. The summed E-state index contributed by atoms with van der Waals surface area (Å²) in [5.74, 6) is 0. The predicted molar refractivity (Wildman–Crippen MR) is 104 cm³/mol. The van der Waals surface area contributed by atoms with Gasteiger partial charge in [0.25, 0.3) is 0 Å². The zero-order valence-electron chi connectivity index (χ0n) is 13.5. The molecule has 0 aliphatic carbocycles. The Hall–Kier alpha value is -1.14. The zero-order chi connectivity index (χ0) is 16.5. The molecule has 0 unspecified atom stereocenters. The fraction of sp³-hybridized carbons (Fsp3) is 0.389. The van der Waals surface area contributed by atoms with Crippen LogP contribution < -0.4 is 5.32 Å². The number of ether oxygens (including phenoxy) is 1. The molecule has 0 radical (unpaired) electrons. The Morgan fingerprint density at radius 2 is 2.33 bits per heavy atom. The number of hydrogen-bond donors (Lipinski definition) is 1. The first kappa shape index (κ1) is 16.3. The van der Waals surface area contributed by atoms with E-state index in [1.54, 1.807) is 22.7 Å². The lowest BCUT2D eigenvalue weighted by Crippen LogP contribution is -2.10. The molecule has 0 aromatic carbocycles. The minimum Gasteiger partial charge on any atom is -0.379 e. The van der Waals surface area contributed by atoms with Crippen molar-refractivity contribution in [1.29, 1.82) is 0 Å². The Kier molecular flexibility index (Phi) is 4.77. The third kappa shape index (κ3) is 3.18. The van der Waals surface area contributed by atoms with Crippen molar-refractivity contribution in [2.24, 2.45) is 0 Å². The van der Waals surface area contributed by atoms with Crippen LogP contribution in [0.2, 0.25) is 5.15 Å². The smallest absolute Gasteiger partial charge is 0.131 e. The molecule has 1 fully saturated rings. The molecule has 1 atom stereocenters. The second kappa shape index (κ2) is 7.00. The SMILES string of the molecule is Cc1c([C@H]2CCCCO2)sc2c(NCc3cccs3)cc(Cl)nc12. The number of rotatable bonds is 4. The molecule has 1 saturated heterocycles. The first-order valence-electron chi connectivity index (χ1n) is 8.20. The summed E-state index contributed by atoms with van der Waals surface area (Å²) in [5, 5.41) is 6.16. The first-order valence-corrected chi connectivity index (χ1v) is 10.3. The van der Waals surface area contributed by atoms with E-state index in [1.807, 2.05) is 6.07 Å². The highest BCUT2D eigenvalue weighted by Gasteiger charge is 2.23. The van der Waals surface area contributed by atoms with Crippen LogP contribution in [0.1, 0.15) is 40.7 Å². The van der Waals surface area contributed by atoms with Crippen molar-refractivity contribution in [3.05, 3.63) is 44.1 Å². The first-order chi connectivity index (χ1) is 11.7. The molecule has 3 aromatic rings. The van der Waals surface area contributed by atoms with E-state index in [0.717, 1.165) is 37.2 Å². The van der Waals surface area contributed by atoms with Gasteiger partial charge in [-0.1, -0.05) is 17.7 Å². The van der Waals surface area contributed by atoms with E-state index < -0.39 is 0 Å². The van der Waals surface area contributed by atoms with E-state index in [1.165, 1.54) is 26.4 Å². The maximum absolute atomic E-state index is 6.28. The highest BCUT2D eigenvalue weighted by Crippen LogP contribution is 2.42. The summed E-state index contributed by atoms with van der Waals surface area (Å²) in [5.41, 5.74) is 3.28. The summed E-state index contributed by atoms with van der Waals surface area (Å²) >= 11 is 9.83. The molecule has 1 aliphatic rings. The average Bonchev–Trinajstić information content (AvgIpc) is 3.22. The zero-order valence-corrected chi connectivity index (χ0v) is 15.9. The second-order valence-corrected chi connectivity index (χ2v) is 8.52. The number of thiophene rings is 2. The summed E-state index contributed by atoms with van der Waals surface area (Å²) in [4.78, 5) is 7.19. The number of fused-ring (bicyclic) bond motifs is 1. The lowest BCUT2D eigenvalue weighted by atomic mass is 10.1. The molecular weight excluding hydrogens is 360 g/mol. The molecular formula is C18H19ClN2OS2. The number of nitrogens with one attached hydrogen (secondary N) is 1. The third-order valence-corrected chi connectivity index (χ3v) is 6.86. The number of anilines is 1. The van der Waals surface area contributed by atoms with E-state index in [4.69, 9.17) is 16.3 Å². The van der Waals surface area contributed by atoms with Gasteiger partial charge in [0.05, 0.1) is 22.0 Å². The van der Waals surface area contributed by atoms with E-state index in [2.05, 4.69) is 34.7 Å². The van der Waals surface area contributed by atoms with Gasteiger partial charge in [-0.15, -0.1) is 22.7 Å². The van der Waals surface area contributed by atoms with Gasteiger partial charge < -0.3 is 10.1 Å². The highest BCUT2D eigenvalue weighted by atomic mass is 35.5. The standard InChI is InChI=1S/C18H19ClN2OS2/c1-11-16-18(24-17(11)14-6-2-3-7-22-14)13(9-15(19)21-16)20-10-12-5-4-8-23-12/h4-5,8-9,14H,2-3,6-7,10H2,1H3,(H,20,21)/t14-/m1/s1. The largest absolute Gasteiger partial charge is 0.379 e. The Morgan fingerprint density at radius 3 is 3.08 bits per heavy atom. The van der Waals surface area contributed by atoms with Crippen molar-refractivity contribution in [1.82, 2.24) is 4.98 Å². The normalized spacial score (nSPS) is 18.2. The van der Waals surface area contributed by atoms with Crippen LogP contribution in [-0.2, 0) is 11.3 Å². The maximum atomic E-state index is 6.28. The van der Waals surface area contributed by atoms with Crippen molar-refractivity contribution in [3.63, 3.8) is 0 Å². The van der Waals surface area contributed by atoms with Gasteiger partial charge in [0.1, 0.15) is 5.15 Å². The molecule has 1 aliphatic heterocycles. The lowest BCUT2D eigenvalue weighted by molar-refractivity contribution is 0.0169. The van der Waals surface area contributed by atoms with Gasteiger partial charge >= 0.3 is 0 Å². The fourth-order valence-corrected chi connectivity index (χ4v) is 5.31. The number of aromatic nitrogens is 1. The molecule has 6 heteroatoms. The summed E-state index contributed by atoms with van der Waals surface area (Å²) in [6, 6.07) is 6.14. The number of halogens is 1. The number of nitrogens with zero attached hydrogens (tertiary/aromatic N) is 1. The molecule has 3 aromatic heterocycles. The Labute approximate surface area is 154 Å². The van der Waals surface area contributed by atoms with Crippen LogP contribution in [-0.4, -0.2) is 11.6 Å². The maximum Gasteiger partial charge on any atom is 0.131 e. The monoisotopic (exact) mass is 378 g/mol. The minimum absolute atomic E-state index is 0.210. The van der Waals surface area contributed by atoms with Crippen LogP contribution in [0.5, 0.6) is 0 Å². The van der Waals surface area contributed by atoms with E-state index in [0.29, 0.717) is 5.15 Å². The molecule has 4 heterocycles. The molecule has 0 saturated carbocycles. The number of aryl methyl sites for hydroxylation is 1. The van der Waals surface area contributed by atoms with Gasteiger partial charge in [-0.05, 0) is 43.2 Å². The Bertz CT molecular complexity index is 838. The summed E-state index contributed by atoms with van der Waals surface area (Å²) in [6.45, 7) is 3.80. The lowest BCUT2D eigenvalue weighted by Gasteiger charge is -2.22. The second-order valence-electron chi connectivity index (χ2n) is 6.05. The van der Waals surface area contributed by atoms with Crippen molar-refractivity contribution >= 4 is 50.2 Å². The van der Waals surface area contributed by atoms with E-state index in [9.17, 15) is 0 Å². The van der Waals surface area contributed by atoms with Crippen molar-refractivity contribution in [3.8, 4) is 0 Å². The van der Waals surface area contributed by atoms with Crippen LogP contribution in [0.4, 0.5) is 5.69 Å². The highest BCUT2D eigenvalue weighted by molar-refractivity contribution is 7.20. The average molecular weight is 379 g/mol. The van der Waals surface area contributed by atoms with Gasteiger partial charge in [0.15, 0.2) is 0 Å². The van der Waals surface area contributed by atoms with Crippen LogP contribution >= 0.6 is 34.3 Å². The quantitative estimate of drug-likeness (QED) is 0.551. The van der Waals surface area contributed by atoms with Crippen LogP contribution in [0.15, 0.2) is 23.6 Å². The van der Waals surface area contributed by atoms with Crippen molar-refractivity contribution in [2.45, 2.75) is 38.8 Å². The van der Waals surface area contributed by atoms with Gasteiger partial charge in [0.2, 0.25) is 0 Å². The van der Waals surface area contributed by atoms with Crippen LogP contribution in [0.3, 0.4) is 0 Å². The number of pyridine rings is 1. The van der Waals surface area contributed by atoms with Gasteiger partial charge in [0, 0.05) is 29.0 Å². The third-order valence-electron chi connectivity index (χ3n) is 4.38. The summed E-state index contributed by atoms with van der Waals surface area (Å²) < 4.78 is 7.17. The molecule has 4 rings (SSSR count). The van der Waals surface area contributed by atoms with Gasteiger partial charge in [-0.25, -0.2) is 4.98 Å². The summed E-state index contributed by atoms with van der Waals surface area (Å²) in [6.07, 6.45) is 3.70. The van der Waals surface area contributed by atoms with E-state index in [-0.39, 0.29) is 6.10 Å². The minimum atomic E-state index is 0.210. The molecule has 24 heavy (non-hydrogen) atoms.